The van der Waals surface area contributed by atoms with Gasteiger partial charge in [0.05, 0.1) is 7.11 Å². The molecule has 0 aromatic heterocycles. The number of allylic oxidation sites excluding steroid dienone is 1. The van der Waals surface area contributed by atoms with Crippen LogP contribution in [0.1, 0.15) is 45.1 Å². The van der Waals surface area contributed by atoms with Gasteiger partial charge >= 0.3 is 0 Å². The highest BCUT2D eigenvalue weighted by atomic mass is 16.7. The van der Waals surface area contributed by atoms with Gasteiger partial charge in [-0.15, -0.1) is 0 Å². The van der Waals surface area contributed by atoms with Crippen molar-refractivity contribution < 1.29 is 14.4 Å². The number of ether oxygens (including phenoxy) is 1. The fraction of sp³-hybridized carbons (Fsp3) is 0.524. The molecule has 1 aromatic carbocycles. The third kappa shape index (κ3) is 2.42. The van der Waals surface area contributed by atoms with Gasteiger partial charge in [-0.3, -0.25) is 4.79 Å². The van der Waals surface area contributed by atoms with Crippen LogP contribution >= 0.6 is 0 Å². The van der Waals surface area contributed by atoms with E-state index in [1.54, 1.807) is 13.2 Å². The van der Waals surface area contributed by atoms with Crippen LogP contribution in [0.5, 0.6) is 5.75 Å². The Morgan fingerprint density at radius 2 is 1.96 bits per heavy atom. The number of hydrogen-bond acceptors (Lipinski definition) is 4. The van der Waals surface area contributed by atoms with Crippen molar-refractivity contribution in [3.05, 3.63) is 35.9 Å². The monoisotopic (exact) mass is 339 g/mol. The van der Waals surface area contributed by atoms with Crippen LogP contribution in [0.3, 0.4) is 0 Å². The van der Waals surface area contributed by atoms with Gasteiger partial charge in [-0.25, -0.2) is 0 Å². The normalized spacial score (nSPS) is 32.2. The molecule has 3 atom stereocenters. The maximum absolute atomic E-state index is 12.6. The van der Waals surface area contributed by atoms with E-state index in [9.17, 15) is 4.79 Å². The second-order valence-electron chi connectivity index (χ2n) is 8.09. The summed E-state index contributed by atoms with van der Waals surface area (Å²) in [5.41, 5.74) is 1.34. The van der Waals surface area contributed by atoms with Gasteiger partial charge in [-0.05, 0) is 49.0 Å². The Labute approximate surface area is 148 Å². The first-order valence-corrected chi connectivity index (χ1v) is 9.08. The number of fused-ring (bicyclic) bond motifs is 3. The number of methoxy groups -OCH3 is 1. The van der Waals surface area contributed by atoms with Crippen molar-refractivity contribution in [1.82, 2.24) is 0 Å². The lowest BCUT2D eigenvalue weighted by Gasteiger charge is -2.44. The number of carbonyl (C=O) groups is 1. The summed E-state index contributed by atoms with van der Waals surface area (Å²) in [6.07, 6.45) is 7.76. The predicted molar refractivity (Wildman–Crippen MR) is 97.5 cm³/mol. The fourth-order valence-corrected chi connectivity index (χ4v) is 5.06. The number of ketones is 1. The summed E-state index contributed by atoms with van der Waals surface area (Å²) < 4.78 is 5.15. The van der Waals surface area contributed by atoms with Crippen LogP contribution in [-0.2, 0) is 9.63 Å². The third-order valence-corrected chi connectivity index (χ3v) is 6.78. The predicted octanol–water partition coefficient (Wildman–Crippen LogP) is 4.25. The molecule has 2 bridgehead atoms. The molecule has 0 saturated heterocycles. The average Bonchev–Trinajstić information content (AvgIpc) is 3.31. The summed E-state index contributed by atoms with van der Waals surface area (Å²) in [6, 6.07) is 7.62. The molecular formula is C21H25NO3. The number of nitrogens with zero attached hydrogens (tertiary/aromatic N) is 1. The smallest absolute Gasteiger partial charge is 0.203 e. The molecule has 132 valence electrons. The average molecular weight is 339 g/mol. The molecule has 25 heavy (non-hydrogen) atoms. The second-order valence-corrected chi connectivity index (χ2v) is 8.09. The highest BCUT2D eigenvalue weighted by Gasteiger charge is 2.67. The molecule has 2 aliphatic carbocycles. The summed E-state index contributed by atoms with van der Waals surface area (Å²) >= 11 is 0. The van der Waals surface area contributed by atoms with E-state index in [2.05, 4.69) is 19.0 Å². The SMILES string of the molecule is COc1ccc(/C=C/C(=O)C2=NOC3(C2)C2CCC(C2)C3(C)C)cc1. The van der Waals surface area contributed by atoms with E-state index in [1.807, 2.05) is 30.3 Å². The Morgan fingerprint density at radius 1 is 1.24 bits per heavy atom. The van der Waals surface area contributed by atoms with Crippen molar-refractivity contribution in [2.45, 2.75) is 45.1 Å². The number of hydrogen-bond donors (Lipinski definition) is 0. The molecule has 4 heteroatoms. The van der Waals surface area contributed by atoms with Gasteiger partial charge in [0.1, 0.15) is 11.5 Å². The molecule has 1 spiro atoms. The van der Waals surface area contributed by atoms with Gasteiger partial charge in [0.2, 0.25) is 5.78 Å². The minimum absolute atomic E-state index is 0.0498. The molecule has 0 radical (unpaired) electrons. The van der Waals surface area contributed by atoms with Crippen LogP contribution in [-0.4, -0.2) is 24.2 Å². The van der Waals surface area contributed by atoms with Crippen molar-refractivity contribution in [2.75, 3.05) is 7.11 Å². The molecule has 1 heterocycles. The van der Waals surface area contributed by atoms with Crippen molar-refractivity contribution in [3.63, 3.8) is 0 Å². The van der Waals surface area contributed by atoms with E-state index < -0.39 is 0 Å². The Morgan fingerprint density at radius 3 is 2.60 bits per heavy atom. The first kappa shape index (κ1) is 16.4. The molecule has 0 N–H and O–H groups in total. The van der Waals surface area contributed by atoms with Crippen molar-refractivity contribution in [3.8, 4) is 5.75 Å². The summed E-state index contributed by atoms with van der Waals surface area (Å²) in [4.78, 5) is 18.6. The minimum atomic E-state index is -0.269. The highest BCUT2D eigenvalue weighted by molar-refractivity contribution is 6.45. The molecule has 1 aliphatic heterocycles. The lowest BCUT2D eigenvalue weighted by molar-refractivity contribution is -0.135. The van der Waals surface area contributed by atoms with Crippen LogP contribution in [0.25, 0.3) is 6.08 Å². The standard InChI is InChI=1S/C21H25NO3/c1-20(2)15-7-8-16(12-15)21(20)13-18(22-25-21)19(23)11-6-14-4-9-17(24-3)10-5-14/h4-6,9-11,15-16H,7-8,12-13H2,1-3H3/b11-6+. The van der Waals surface area contributed by atoms with Crippen LogP contribution in [0.2, 0.25) is 0 Å². The molecule has 3 unspecified atom stereocenters. The van der Waals surface area contributed by atoms with E-state index >= 15 is 0 Å². The van der Waals surface area contributed by atoms with E-state index in [0.29, 0.717) is 24.0 Å². The third-order valence-electron chi connectivity index (χ3n) is 6.78. The van der Waals surface area contributed by atoms with Gasteiger partial charge in [0.15, 0.2) is 5.60 Å². The Bertz CT molecular complexity index is 747. The molecule has 0 amide bonds. The molecule has 1 aromatic rings. The molecular weight excluding hydrogens is 314 g/mol. The topological polar surface area (TPSA) is 47.9 Å². The summed E-state index contributed by atoms with van der Waals surface area (Å²) in [5.74, 6) is 1.98. The molecule has 3 aliphatic rings. The number of oxime groups is 1. The van der Waals surface area contributed by atoms with Crippen molar-refractivity contribution in [1.29, 1.82) is 0 Å². The summed E-state index contributed by atoms with van der Waals surface area (Å²) in [5, 5.41) is 4.22. The largest absolute Gasteiger partial charge is 0.497 e. The Hall–Kier alpha value is -2.10. The van der Waals surface area contributed by atoms with Gasteiger partial charge in [-0.1, -0.05) is 37.2 Å². The van der Waals surface area contributed by atoms with E-state index in [-0.39, 0.29) is 16.8 Å². The maximum atomic E-state index is 12.6. The van der Waals surface area contributed by atoms with Crippen molar-refractivity contribution >= 4 is 17.6 Å². The van der Waals surface area contributed by atoms with Gasteiger partial charge in [0.25, 0.3) is 0 Å². The lowest BCUT2D eigenvalue weighted by Crippen LogP contribution is -2.49. The number of carbonyl (C=O) groups excluding carboxylic acids is 1. The van der Waals surface area contributed by atoms with Crippen LogP contribution in [0.15, 0.2) is 35.5 Å². The summed E-state index contributed by atoms with van der Waals surface area (Å²) in [7, 11) is 1.64. The minimum Gasteiger partial charge on any atom is -0.497 e. The first-order valence-electron chi connectivity index (χ1n) is 9.08. The number of benzene rings is 1. The Kier molecular flexibility index (Phi) is 3.75. The van der Waals surface area contributed by atoms with Crippen LogP contribution < -0.4 is 4.74 Å². The maximum Gasteiger partial charge on any atom is 0.203 e. The van der Waals surface area contributed by atoms with Crippen molar-refractivity contribution in [2.24, 2.45) is 22.4 Å². The van der Waals surface area contributed by atoms with Crippen LogP contribution in [0.4, 0.5) is 0 Å². The number of rotatable bonds is 4. The Balaban J connectivity index is 1.46. The molecule has 4 rings (SSSR count). The van der Waals surface area contributed by atoms with Crippen LogP contribution in [0, 0.1) is 17.3 Å². The van der Waals surface area contributed by atoms with Gasteiger partial charge in [-0.2, -0.15) is 0 Å². The zero-order valence-electron chi connectivity index (χ0n) is 15.1. The zero-order chi connectivity index (χ0) is 17.7. The second kappa shape index (κ2) is 5.72. The summed E-state index contributed by atoms with van der Waals surface area (Å²) in [6.45, 7) is 4.57. The van der Waals surface area contributed by atoms with E-state index in [0.717, 1.165) is 11.3 Å². The van der Waals surface area contributed by atoms with E-state index in [4.69, 9.17) is 9.57 Å². The highest BCUT2D eigenvalue weighted by Crippen LogP contribution is 2.65. The zero-order valence-corrected chi connectivity index (χ0v) is 15.1. The van der Waals surface area contributed by atoms with Gasteiger partial charge < -0.3 is 9.57 Å². The molecule has 2 saturated carbocycles. The van der Waals surface area contributed by atoms with E-state index in [1.165, 1.54) is 19.3 Å². The van der Waals surface area contributed by atoms with Gasteiger partial charge in [0, 0.05) is 17.8 Å². The molecule has 4 nitrogen and oxygen atoms in total. The lowest BCUT2D eigenvalue weighted by atomic mass is 9.63. The molecule has 2 fully saturated rings. The fourth-order valence-electron chi connectivity index (χ4n) is 5.06. The first-order chi connectivity index (χ1) is 12.0. The quantitative estimate of drug-likeness (QED) is 0.771.